The third kappa shape index (κ3) is 4.02. The molecule has 0 atom stereocenters. The van der Waals surface area contributed by atoms with Crippen molar-refractivity contribution in [3.63, 3.8) is 0 Å². The van der Waals surface area contributed by atoms with E-state index in [0.717, 1.165) is 20.7 Å². The zero-order valence-corrected chi connectivity index (χ0v) is 19.3. The first-order valence-corrected chi connectivity index (χ1v) is 12.0. The van der Waals surface area contributed by atoms with Crippen molar-refractivity contribution in [3.8, 4) is 0 Å². The minimum absolute atomic E-state index is 0.342. The van der Waals surface area contributed by atoms with Gasteiger partial charge in [-0.05, 0) is 36.4 Å². The molecular weight excluding hydrogens is 495 g/mol. The van der Waals surface area contributed by atoms with E-state index < -0.39 is 0 Å². The molecule has 3 heterocycles. The Bertz CT molecular complexity index is 1370. The van der Waals surface area contributed by atoms with Crippen molar-refractivity contribution in [2.75, 3.05) is 10.6 Å². The monoisotopic (exact) mass is 504 g/mol. The molecular formula is C20H10Cl2N4O2S3. The van der Waals surface area contributed by atoms with Crippen LogP contribution in [0.1, 0.15) is 19.3 Å². The summed E-state index contributed by atoms with van der Waals surface area (Å²) in [6.45, 7) is 0. The minimum atomic E-state index is -0.342. The van der Waals surface area contributed by atoms with Crippen molar-refractivity contribution in [1.29, 1.82) is 0 Å². The number of nitrogens with zero attached hydrogens (tertiary/aromatic N) is 2. The van der Waals surface area contributed by atoms with Crippen molar-refractivity contribution in [2.45, 2.75) is 0 Å². The van der Waals surface area contributed by atoms with E-state index in [4.69, 9.17) is 23.2 Å². The molecule has 0 bridgehead atoms. The molecule has 0 fully saturated rings. The maximum Gasteiger partial charge on any atom is 0.267 e. The number of anilines is 2. The second-order valence-corrected chi connectivity index (χ2v) is 10.2. The van der Waals surface area contributed by atoms with Gasteiger partial charge in [0.2, 0.25) is 0 Å². The zero-order valence-electron chi connectivity index (χ0n) is 15.3. The molecule has 154 valence electrons. The number of thiazole rings is 2. The number of fused-ring (bicyclic) bond motifs is 2. The smallest absolute Gasteiger partial charge is 0.267 e. The van der Waals surface area contributed by atoms with Gasteiger partial charge in [-0.15, -0.1) is 11.3 Å². The predicted octanol–water partition coefficient (Wildman–Crippen LogP) is 6.78. The number of hydrogen-bond donors (Lipinski definition) is 2. The summed E-state index contributed by atoms with van der Waals surface area (Å²) in [6.07, 6.45) is 0. The maximum absolute atomic E-state index is 12.6. The number of amides is 2. The first kappa shape index (κ1) is 20.3. The summed E-state index contributed by atoms with van der Waals surface area (Å²) < 4.78 is 1.76. The van der Waals surface area contributed by atoms with Gasteiger partial charge in [-0.3, -0.25) is 20.2 Å². The Balaban J connectivity index is 1.31. The van der Waals surface area contributed by atoms with Crippen LogP contribution in [0, 0.1) is 0 Å². The third-order valence-corrected chi connectivity index (χ3v) is 7.80. The van der Waals surface area contributed by atoms with Crippen LogP contribution in [0.4, 0.5) is 10.3 Å². The van der Waals surface area contributed by atoms with Gasteiger partial charge in [0, 0.05) is 0 Å². The minimum Gasteiger partial charge on any atom is -0.297 e. The molecule has 2 amide bonds. The van der Waals surface area contributed by atoms with E-state index in [1.807, 2.05) is 24.3 Å². The highest BCUT2D eigenvalue weighted by atomic mass is 35.5. The lowest BCUT2D eigenvalue weighted by Crippen LogP contribution is -2.11. The third-order valence-electron chi connectivity index (χ3n) is 4.23. The van der Waals surface area contributed by atoms with Crippen molar-refractivity contribution in [3.05, 3.63) is 68.3 Å². The van der Waals surface area contributed by atoms with E-state index in [1.54, 1.807) is 24.3 Å². The predicted molar refractivity (Wildman–Crippen MR) is 129 cm³/mol. The van der Waals surface area contributed by atoms with Crippen molar-refractivity contribution in [2.24, 2.45) is 0 Å². The normalized spacial score (nSPS) is 11.2. The van der Waals surface area contributed by atoms with E-state index in [9.17, 15) is 9.59 Å². The molecule has 0 unspecified atom stereocenters. The van der Waals surface area contributed by atoms with Gasteiger partial charge in [0.1, 0.15) is 11.0 Å². The van der Waals surface area contributed by atoms with Crippen LogP contribution in [-0.4, -0.2) is 21.8 Å². The number of rotatable bonds is 4. The van der Waals surface area contributed by atoms with E-state index in [0.29, 0.717) is 41.1 Å². The molecule has 11 heteroatoms. The highest BCUT2D eigenvalue weighted by Gasteiger charge is 2.17. The molecule has 2 N–H and O–H groups in total. The van der Waals surface area contributed by atoms with Crippen LogP contribution in [0.15, 0.2) is 48.5 Å². The lowest BCUT2D eigenvalue weighted by Gasteiger charge is -1.99. The Morgan fingerprint density at radius 1 is 0.677 bits per heavy atom. The van der Waals surface area contributed by atoms with E-state index in [1.165, 1.54) is 22.7 Å². The molecule has 0 aliphatic carbocycles. The van der Waals surface area contributed by atoms with Crippen LogP contribution < -0.4 is 10.6 Å². The second-order valence-electron chi connectivity index (χ2n) is 6.28. The molecule has 31 heavy (non-hydrogen) atoms. The van der Waals surface area contributed by atoms with Gasteiger partial charge in [0.25, 0.3) is 11.8 Å². The first-order valence-electron chi connectivity index (χ1n) is 8.80. The fourth-order valence-corrected chi connectivity index (χ4v) is 5.95. The Morgan fingerprint density at radius 2 is 1.13 bits per heavy atom. The molecule has 0 aliphatic rings. The Morgan fingerprint density at radius 3 is 1.55 bits per heavy atom. The number of aromatic nitrogens is 2. The molecule has 3 aromatic heterocycles. The molecule has 0 spiro atoms. The summed E-state index contributed by atoms with van der Waals surface area (Å²) in [5, 5.41) is 7.47. The summed E-state index contributed by atoms with van der Waals surface area (Å²) in [5.41, 5.74) is 1.29. The Hall–Kier alpha value is -2.56. The van der Waals surface area contributed by atoms with E-state index in [2.05, 4.69) is 20.6 Å². The van der Waals surface area contributed by atoms with Crippen LogP contribution in [0.3, 0.4) is 0 Å². The largest absolute Gasteiger partial charge is 0.297 e. The fraction of sp³-hybridized carbons (Fsp3) is 0. The number of carbonyl (C=O) groups excluding carboxylic acids is 2. The molecule has 6 nitrogen and oxygen atoms in total. The zero-order chi connectivity index (χ0) is 21.5. The highest BCUT2D eigenvalue weighted by Crippen LogP contribution is 2.32. The van der Waals surface area contributed by atoms with Gasteiger partial charge in [-0.1, -0.05) is 58.0 Å². The van der Waals surface area contributed by atoms with Gasteiger partial charge in [-0.2, -0.15) is 0 Å². The molecule has 0 saturated carbocycles. The topological polar surface area (TPSA) is 84.0 Å². The van der Waals surface area contributed by atoms with Gasteiger partial charge in [-0.25, -0.2) is 9.97 Å². The molecule has 2 aromatic carbocycles. The molecule has 5 rings (SSSR count). The highest BCUT2D eigenvalue weighted by molar-refractivity contribution is 7.23. The number of halogens is 2. The summed E-state index contributed by atoms with van der Waals surface area (Å²) >= 11 is 16.0. The standard InChI is InChI=1S/C20H10Cl2N4O2S3/c21-9-3-1-5-11-15(9)23-19(30-11)25-17(27)13-7-8-14(29-13)18(28)26-20-24-16-10(22)4-2-6-12(16)31-20/h1-8H,(H,23,25,27)(H,24,26,28). The van der Waals surface area contributed by atoms with E-state index in [-0.39, 0.29) is 11.8 Å². The molecule has 5 aromatic rings. The van der Waals surface area contributed by atoms with Gasteiger partial charge in [0.05, 0.1) is 29.2 Å². The average molecular weight is 505 g/mol. The van der Waals surface area contributed by atoms with Crippen molar-refractivity contribution in [1.82, 2.24) is 9.97 Å². The fourth-order valence-electron chi connectivity index (χ4n) is 2.84. The number of benzene rings is 2. The Labute approximate surface area is 197 Å². The van der Waals surface area contributed by atoms with Crippen LogP contribution in [0.5, 0.6) is 0 Å². The first-order chi connectivity index (χ1) is 15.0. The van der Waals surface area contributed by atoms with Crippen molar-refractivity contribution >= 4 is 99.7 Å². The summed E-state index contributed by atoms with van der Waals surface area (Å²) in [6, 6.07) is 14.1. The summed E-state index contributed by atoms with van der Waals surface area (Å²) in [7, 11) is 0. The number of hydrogen-bond acceptors (Lipinski definition) is 7. The quantitative estimate of drug-likeness (QED) is 0.282. The average Bonchev–Trinajstić information content (AvgIpc) is 3.46. The van der Waals surface area contributed by atoms with Crippen molar-refractivity contribution < 1.29 is 9.59 Å². The summed E-state index contributed by atoms with van der Waals surface area (Å²) in [5.74, 6) is -0.683. The lowest BCUT2D eigenvalue weighted by atomic mass is 10.3. The lowest BCUT2D eigenvalue weighted by molar-refractivity contribution is 0.102. The van der Waals surface area contributed by atoms with Crippen LogP contribution >= 0.6 is 57.2 Å². The van der Waals surface area contributed by atoms with Gasteiger partial charge < -0.3 is 0 Å². The van der Waals surface area contributed by atoms with E-state index >= 15 is 0 Å². The second kappa shape index (κ2) is 8.18. The van der Waals surface area contributed by atoms with Crippen LogP contribution in [0.25, 0.3) is 20.4 Å². The number of carbonyl (C=O) groups is 2. The maximum atomic E-state index is 12.6. The molecule has 0 aliphatic heterocycles. The molecule has 0 saturated heterocycles. The van der Waals surface area contributed by atoms with Crippen LogP contribution in [0.2, 0.25) is 10.0 Å². The van der Waals surface area contributed by atoms with Gasteiger partial charge >= 0.3 is 0 Å². The number of nitrogens with one attached hydrogen (secondary N) is 2. The number of thiophene rings is 1. The number of para-hydroxylation sites is 2. The SMILES string of the molecule is O=C(Nc1nc2c(Cl)cccc2s1)c1ccc(C(=O)Nc2nc3c(Cl)cccc3s2)s1. The molecule has 0 radical (unpaired) electrons. The van der Waals surface area contributed by atoms with Gasteiger partial charge in [0.15, 0.2) is 10.3 Å². The van der Waals surface area contributed by atoms with Crippen LogP contribution in [-0.2, 0) is 0 Å². The Kier molecular flexibility index (Phi) is 5.37. The summed E-state index contributed by atoms with van der Waals surface area (Å²) in [4.78, 5) is 34.7.